The first-order valence-corrected chi connectivity index (χ1v) is 10.8. The highest BCUT2D eigenvalue weighted by molar-refractivity contribution is 7.70. The number of methoxy groups -OCH3 is 1. The van der Waals surface area contributed by atoms with Crippen LogP contribution in [0.15, 0.2) is 48.7 Å². The third kappa shape index (κ3) is 4.54. The highest BCUT2D eigenvalue weighted by Crippen LogP contribution is 2.38. The number of hydrogen-bond donors (Lipinski definition) is 3. The molecule has 0 aliphatic heterocycles. The zero-order valence-corrected chi connectivity index (χ0v) is 16.2. The third-order valence-corrected chi connectivity index (χ3v) is 5.33. The Balaban J connectivity index is 1.88. The maximum atomic E-state index is 12.5. The highest BCUT2D eigenvalue weighted by Gasteiger charge is 2.16. The van der Waals surface area contributed by atoms with Crippen molar-refractivity contribution in [2.24, 2.45) is 0 Å². The molecule has 2 aromatic carbocycles. The van der Waals surface area contributed by atoms with E-state index in [2.05, 4.69) is 25.8 Å². The molecule has 0 saturated carbocycles. The van der Waals surface area contributed by atoms with E-state index >= 15 is 0 Å². The molecule has 140 valence electrons. The quantitative estimate of drug-likeness (QED) is 0.438. The van der Waals surface area contributed by atoms with E-state index in [4.69, 9.17) is 10.5 Å². The first-order chi connectivity index (χ1) is 12.9. The van der Waals surface area contributed by atoms with Crippen LogP contribution in [0.5, 0.6) is 5.75 Å². The second-order valence-corrected chi connectivity index (χ2v) is 9.43. The van der Waals surface area contributed by atoms with E-state index in [0.717, 1.165) is 11.0 Å². The van der Waals surface area contributed by atoms with Crippen molar-refractivity contribution in [3.63, 3.8) is 0 Å². The number of nitrogens with two attached hydrogens (primary N) is 1. The summed E-state index contributed by atoms with van der Waals surface area (Å²) < 4.78 is 17.8. The zero-order chi connectivity index (χ0) is 19.4. The van der Waals surface area contributed by atoms with Crippen LogP contribution >= 0.6 is 7.14 Å². The molecule has 0 saturated heterocycles. The van der Waals surface area contributed by atoms with Crippen LogP contribution in [0.1, 0.15) is 0 Å². The average molecular weight is 384 g/mol. The van der Waals surface area contributed by atoms with E-state index in [1.165, 1.54) is 6.20 Å². The predicted molar refractivity (Wildman–Crippen MR) is 109 cm³/mol. The molecule has 0 unspecified atom stereocenters. The fourth-order valence-electron chi connectivity index (χ4n) is 2.55. The molecular formula is C18H21N6O2P. The molecule has 4 N–H and O–H groups in total. The van der Waals surface area contributed by atoms with Crippen molar-refractivity contribution in [3.8, 4) is 5.75 Å². The number of anilines is 5. The molecular weight excluding hydrogens is 363 g/mol. The van der Waals surface area contributed by atoms with Crippen molar-refractivity contribution in [3.05, 3.63) is 48.7 Å². The van der Waals surface area contributed by atoms with E-state index in [1.54, 1.807) is 38.6 Å². The Labute approximate surface area is 157 Å². The van der Waals surface area contributed by atoms with Crippen molar-refractivity contribution in [2.45, 2.75) is 0 Å². The van der Waals surface area contributed by atoms with Crippen LogP contribution in [0.25, 0.3) is 0 Å². The summed E-state index contributed by atoms with van der Waals surface area (Å²) in [6, 6.07) is 12.6. The lowest BCUT2D eigenvalue weighted by Crippen LogP contribution is -2.11. The third-order valence-electron chi connectivity index (χ3n) is 3.78. The van der Waals surface area contributed by atoms with E-state index in [1.807, 2.05) is 24.3 Å². The smallest absolute Gasteiger partial charge is 0.249 e. The minimum Gasteiger partial charge on any atom is -0.495 e. The molecule has 1 aromatic heterocycles. The Hall–Kier alpha value is -3.12. The molecule has 9 heteroatoms. The van der Waals surface area contributed by atoms with Gasteiger partial charge in [0.15, 0.2) is 5.82 Å². The largest absolute Gasteiger partial charge is 0.495 e. The van der Waals surface area contributed by atoms with Gasteiger partial charge in [-0.2, -0.15) is 10.1 Å². The maximum absolute atomic E-state index is 12.5. The molecule has 0 bridgehead atoms. The van der Waals surface area contributed by atoms with Gasteiger partial charge in [-0.15, -0.1) is 5.10 Å². The average Bonchev–Trinajstić information content (AvgIpc) is 2.62. The summed E-state index contributed by atoms with van der Waals surface area (Å²) in [4.78, 5) is 4.41. The molecule has 1 heterocycles. The van der Waals surface area contributed by atoms with Gasteiger partial charge in [0.05, 0.1) is 24.7 Å². The van der Waals surface area contributed by atoms with Crippen molar-refractivity contribution < 1.29 is 9.30 Å². The van der Waals surface area contributed by atoms with Crippen LogP contribution in [0.4, 0.5) is 28.8 Å². The van der Waals surface area contributed by atoms with Gasteiger partial charge in [0.25, 0.3) is 0 Å². The van der Waals surface area contributed by atoms with E-state index < -0.39 is 7.14 Å². The Morgan fingerprint density at radius 2 is 1.85 bits per heavy atom. The fraction of sp³-hybridized carbons (Fsp3) is 0.167. The molecule has 0 spiro atoms. The minimum absolute atomic E-state index is 0.276. The molecule has 0 radical (unpaired) electrons. The first-order valence-electron chi connectivity index (χ1n) is 8.18. The van der Waals surface area contributed by atoms with Gasteiger partial charge in [0.1, 0.15) is 12.9 Å². The molecule has 27 heavy (non-hydrogen) atoms. The van der Waals surface area contributed by atoms with Gasteiger partial charge in [-0.05, 0) is 43.7 Å². The molecule has 0 fully saturated rings. The number of ether oxygens (including phenoxy) is 1. The summed E-state index contributed by atoms with van der Waals surface area (Å²) in [5.41, 5.74) is 7.76. The van der Waals surface area contributed by atoms with Crippen LogP contribution < -0.4 is 26.4 Å². The van der Waals surface area contributed by atoms with Crippen LogP contribution in [0.3, 0.4) is 0 Å². The Morgan fingerprint density at radius 3 is 2.59 bits per heavy atom. The van der Waals surface area contributed by atoms with Crippen molar-refractivity contribution in [1.82, 2.24) is 15.2 Å². The van der Waals surface area contributed by atoms with Gasteiger partial charge in [-0.1, -0.05) is 12.1 Å². The normalized spacial score (nSPS) is 11.1. The zero-order valence-electron chi connectivity index (χ0n) is 15.3. The minimum atomic E-state index is -2.45. The Morgan fingerprint density at radius 1 is 1.07 bits per heavy atom. The number of hydrogen-bond acceptors (Lipinski definition) is 8. The van der Waals surface area contributed by atoms with Gasteiger partial charge >= 0.3 is 0 Å². The van der Waals surface area contributed by atoms with Crippen molar-refractivity contribution in [1.29, 1.82) is 0 Å². The lowest BCUT2D eigenvalue weighted by Gasteiger charge is -2.15. The molecule has 0 aliphatic rings. The van der Waals surface area contributed by atoms with Crippen LogP contribution in [-0.4, -0.2) is 35.6 Å². The molecule has 8 nitrogen and oxygen atoms in total. The molecule has 0 atom stereocenters. The summed E-state index contributed by atoms with van der Waals surface area (Å²) in [6.07, 6.45) is 1.49. The second kappa shape index (κ2) is 7.63. The highest BCUT2D eigenvalue weighted by atomic mass is 31.2. The van der Waals surface area contributed by atoms with Gasteiger partial charge < -0.3 is 25.7 Å². The Bertz CT molecular complexity index is 1000. The van der Waals surface area contributed by atoms with E-state index in [9.17, 15) is 4.57 Å². The summed E-state index contributed by atoms with van der Waals surface area (Å²) in [5.74, 6) is 1.35. The molecule has 0 aliphatic carbocycles. The van der Waals surface area contributed by atoms with Crippen molar-refractivity contribution in [2.75, 3.05) is 36.8 Å². The van der Waals surface area contributed by atoms with Gasteiger partial charge in [-0.25, -0.2) is 0 Å². The van der Waals surface area contributed by atoms with Crippen LogP contribution in [0.2, 0.25) is 0 Å². The SMILES string of the molecule is COc1ccc(N)cc1Nc1nncc(Nc2ccccc2P(C)(C)=O)n1. The second-order valence-electron chi connectivity index (χ2n) is 6.24. The standard InChI is InChI=1S/C18H21N6O2P/c1-26-15-9-8-12(19)10-14(15)22-18-23-17(11-20-24-18)21-13-6-4-5-7-16(13)27(2,3)25/h4-11H,19H2,1-3H3,(H2,21,22,23,24). The number of nitrogens with one attached hydrogen (secondary N) is 2. The van der Waals surface area contributed by atoms with Gasteiger partial charge in [0, 0.05) is 11.0 Å². The number of aromatic nitrogens is 3. The van der Waals surface area contributed by atoms with E-state index in [0.29, 0.717) is 22.9 Å². The molecule has 0 amide bonds. The number of nitrogen functional groups attached to an aromatic ring is 1. The summed E-state index contributed by atoms with van der Waals surface area (Å²) in [5, 5.41) is 14.9. The summed E-state index contributed by atoms with van der Waals surface area (Å²) in [7, 11) is -0.880. The number of para-hydroxylation sites is 1. The predicted octanol–water partition coefficient (Wildman–Crippen LogP) is 3.20. The molecule has 3 aromatic rings. The Kier molecular flexibility index (Phi) is 5.28. The number of rotatable bonds is 6. The number of benzene rings is 2. The summed E-state index contributed by atoms with van der Waals surface area (Å²) in [6.45, 7) is 3.45. The van der Waals surface area contributed by atoms with Crippen LogP contribution in [-0.2, 0) is 4.57 Å². The van der Waals surface area contributed by atoms with Crippen LogP contribution in [0, 0.1) is 0 Å². The lowest BCUT2D eigenvalue weighted by molar-refractivity contribution is 0.417. The maximum Gasteiger partial charge on any atom is 0.249 e. The monoisotopic (exact) mass is 384 g/mol. The number of nitrogens with zero attached hydrogens (tertiary/aromatic N) is 3. The van der Waals surface area contributed by atoms with Gasteiger partial charge in [-0.3, -0.25) is 0 Å². The molecule has 3 rings (SSSR count). The fourth-order valence-corrected chi connectivity index (χ4v) is 3.70. The lowest BCUT2D eigenvalue weighted by atomic mass is 10.2. The summed E-state index contributed by atoms with van der Waals surface area (Å²) >= 11 is 0. The van der Waals surface area contributed by atoms with Crippen molar-refractivity contribution >= 4 is 41.3 Å². The first kappa shape index (κ1) is 18.7. The van der Waals surface area contributed by atoms with E-state index in [-0.39, 0.29) is 5.95 Å². The topological polar surface area (TPSA) is 115 Å². The van der Waals surface area contributed by atoms with Gasteiger partial charge in [0.2, 0.25) is 5.95 Å².